The quantitative estimate of drug-likeness (QED) is 0.0970. The molecule has 1 saturated carbocycles. The number of hydrogen-bond donors (Lipinski definition) is 2. The summed E-state index contributed by atoms with van der Waals surface area (Å²) in [6.07, 6.45) is -7.92. The molecular weight excluding hydrogens is 901 g/mol. The average molecular weight is 930 g/mol. The lowest BCUT2D eigenvalue weighted by Crippen LogP contribution is -2.53. The maximum Gasteiger partial charge on any atom is 0.433 e. The van der Waals surface area contributed by atoms with Crippen LogP contribution >= 0.6 is 34.8 Å². The first-order chi connectivity index (χ1) is 29.7. The van der Waals surface area contributed by atoms with E-state index in [1.807, 2.05) is 0 Å². The van der Waals surface area contributed by atoms with Crippen molar-refractivity contribution >= 4 is 80.8 Å². The zero-order valence-corrected chi connectivity index (χ0v) is 34.4. The summed E-state index contributed by atoms with van der Waals surface area (Å²) < 4.78 is 82.1. The number of phenolic OH excluding ortho intramolecular Hbond substituents is 1. The van der Waals surface area contributed by atoms with Crippen molar-refractivity contribution < 1.29 is 50.6 Å². The van der Waals surface area contributed by atoms with Crippen molar-refractivity contribution in [3.8, 4) is 5.75 Å². The molecule has 4 heterocycles. The Morgan fingerprint density at radius 3 is 2.24 bits per heavy atom. The van der Waals surface area contributed by atoms with Crippen molar-refractivity contribution in [1.82, 2.24) is 20.0 Å². The maximum atomic E-state index is 15.6. The zero-order chi connectivity index (χ0) is 45.1. The monoisotopic (exact) mass is 928 g/mol. The van der Waals surface area contributed by atoms with E-state index < -0.39 is 98.9 Å². The van der Waals surface area contributed by atoms with Crippen LogP contribution in [0.5, 0.6) is 5.75 Å². The van der Waals surface area contributed by atoms with Gasteiger partial charge in [0.2, 0.25) is 0 Å². The van der Waals surface area contributed by atoms with Gasteiger partial charge in [0.15, 0.2) is 11.6 Å². The van der Waals surface area contributed by atoms with Gasteiger partial charge in [0, 0.05) is 29.7 Å². The third-order valence-electron chi connectivity index (χ3n) is 12.5. The number of rotatable bonds is 6. The lowest BCUT2D eigenvalue weighted by atomic mass is 9.48. The number of imide groups is 2. The third kappa shape index (κ3) is 6.48. The Hall–Kier alpha value is -5.91. The molecule has 0 radical (unpaired) electrons. The maximum absolute atomic E-state index is 15.6. The Balaban J connectivity index is 1.23. The minimum atomic E-state index is -4.89. The summed E-state index contributed by atoms with van der Waals surface area (Å²) in [5.41, 5.74) is -1.07. The highest BCUT2D eigenvalue weighted by atomic mass is 35.5. The first-order valence-corrected chi connectivity index (χ1v) is 20.3. The zero-order valence-electron chi connectivity index (χ0n) is 32.2. The Morgan fingerprint density at radius 2 is 1.56 bits per heavy atom. The number of hydrogen-bond acceptors (Lipinski definition) is 9. The number of pyridine rings is 2. The Kier molecular flexibility index (Phi) is 9.99. The predicted molar refractivity (Wildman–Crippen MR) is 217 cm³/mol. The molecule has 2 N–H and O–H groups in total. The van der Waals surface area contributed by atoms with Gasteiger partial charge in [0.1, 0.15) is 11.4 Å². The van der Waals surface area contributed by atoms with Crippen LogP contribution in [0.1, 0.15) is 41.1 Å². The molecule has 6 atom stereocenters. The van der Waals surface area contributed by atoms with Crippen LogP contribution in [-0.4, -0.2) is 55.8 Å². The van der Waals surface area contributed by atoms with Gasteiger partial charge >= 0.3 is 12.4 Å². The lowest BCUT2D eigenvalue weighted by molar-refractivity contribution is -0.142. The molecule has 2 saturated heterocycles. The Morgan fingerprint density at radius 1 is 0.841 bits per heavy atom. The van der Waals surface area contributed by atoms with Crippen LogP contribution in [0.25, 0.3) is 10.8 Å². The lowest BCUT2D eigenvalue weighted by Gasteiger charge is -2.51. The average Bonchev–Trinajstić information content (AvgIpc) is 3.61. The number of fused-ring (bicyclic) bond motifs is 5. The number of carbonyl (C=O) groups is 4. The Bertz CT molecular complexity index is 2830. The Labute approximate surface area is 367 Å². The number of amides is 4. The highest BCUT2D eigenvalue weighted by molar-refractivity contribution is 6.33. The number of phenols is 1. The summed E-state index contributed by atoms with van der Waals surface area (Å²) in [6, 6.07) is 18.3. The summed E-state index contributed by atoms with van der Waals surface area (Å²) in [5, 5.41) is 14.6. The van der Waals surface area contributed by atoms with Crippen molar-refractivity contribution in [2.24, 2.45) is 23.7 Å². The molecule has 2 aliphatic heterocycles. The summed E-state index contributed by atoms with van der Waals surface area (Å²) in [4.78, 5) is 67.2. The van der Waals surface area contributed by atoms with Gasteiger partial charge in [-0.05, 0) is 71.5 Å². The fraction of sp³-hybridized carbons (Fsp3) is 0.256. The minimum absolute atomic E-state index is 0.103. The van der Waals surface area contributed by atoms with Crippen LogP contribution in [-0.2, 0) is 36.9 Å². The standard InChI is InChI=1S/C43H29Cl3F6N6O5/c1-56(36-28(45)13-15-31(54-36)43(50,51)52)58-37(60)25-12-11-24-26(32(25)39(58)62)17-27-38(61)57(55-35-29(46)16-21(18-53-35)42(47,48)49)40(63)41(27,20-7-9-22(44)10-8-20)34(24)33-23-5-3-2-4-19(23)6-14-30(33)59/h2-11,13-16,18,25-27,32,34,59H,12,17H2,1H3,(H,53,55)/t25-,26+,27-,32-,34+,41+/m0/s1. The van der Waals surface area contributed by atoms with E-state index in [1.54, 1.807) is 48.5 Å². The van der Waals surface area contributed by atoms with E-state index in [0.717, 1.165) is 11.1 Å². The number of allylic oxidation sites excluding steroid dienone is 2. The number of hydrazine groups is 2. The second-order valence-electron chi connectivity index (χ2n) is 15.6. The molecule has 11 nitrogen and oxygen atoms in total. The summed E-state index contributed by atoms with van der Waals surface area (Å²) in [7, 11) is 1.17. The molecule has 3 aromatic carbocycles. The molecule has 4 amide bonds. The SMILES string of the molecule is CN(c1nc(C(F)(F)F)ccc1Cl)N1C(=O)[C@H]2[C@H](CC=C3[C@H]2C[C@H]2C(=O)N(Nc4ncc(C(F)(F)F)cc4Cl)C(=O)[C@@]2(c2ccc(Cl)cc2)[C@H]3c2c(O)ccc3ccccc23)C1=O. The number of carbonyl (C=O) groups excluding carboxylic acids is 4. The number of aromatic hydroxyl groups is 1. The van der Waals surface area contributed by atoms with E-state index in [1.165, 1.54) is 25.2 Å². The molecule has 0 bridgehead atoms. The van der Waals surface area contributed by atoms with E-state index in [2.05, 4.69) is 15.4 Å². The number of nitrogens with zero attached hydrogens (tertiary/aromatic N) is 5. The highest BCUT2D eigenvalue weighted by Crippen LogP contribution is 2.65. The van der Waals surface area contributed by atoms with Crippen molar-refractivity contribution in [1.29, 1.82) is 0 Å². The normalized spacial score (nSPS) is 24.7. The van der Waals surface area contributed by atoms with Gasteiger partial charge in [0.25, 0.3) is 23.6 Å². The van der Waals surface area contributed by atoms with E-state index in [4.69, 9.17) is 34.8 Å². The van der Waals surface area contributed by atoms with Crippen LogP contribution in [0.2, 0.25) is 15.1 Å². The van der Waals surface area contributed by atoms with E-state index in [0.29, 0.717) is 44.7 Å². The van der Waals surface area contributed by atoms with Crippen LogP contribution in [0.4, 0.5) is 38.0 Å². The largest absolute Gasteiger partial charge is 0.508 e. The molecule has 2 aliphatic carbocycles. The molecule has 0 spiro atoms. The number of benzene rings is 3. The molecule has 324 valence electrons. The van der Waals surface area contributed by atoms with E-state index in [9.17, 15) is 41.0 Å². The number of anilines is 2. The fourth-order valence-corrected chi connectivity index (χ4v) is 10.4. The van der Waals surface area contributed by atoms with Crippen molar-refractivity contribution in [2.75, 3.05) is 17.5 Å². The smallest absolute Gasteiger partial charge is 0.433 e. The van der Waals surface area contributed by atoms with Gasteiger partial charge < -0.3 is 5.11 Å². The predicted octanol–water partition coefficient (Wildman–Crippen LogP) is 9.37. The minimum Gasteiger partial charge on any atom is -0.508 e. The van der Waals surface area contributed by atoms with Crippen molar-refractivity contribution in [2.45, 2.75) is 36.5 Å². The number of alkyl halides is 6. The number of aromatic nitrogens is 2. The molecule has 20 heteroatoms. The molecule has 2 aromatic heterocycles. The molecular formula is C43H29Cl3F6N6O5. The number of nitrogens with one attached hydrogen (secondary N) is 1. The molecule has 3 fully saturated rings. The van der Waals surface area contributed by atoms with Crippen LogP contribution < -0.4 is 10.4 Å². The molecule has 63 heavy (non-hydrogen) atoms. The van der Waals surface area contributed by atoms with E-state index in [-0.39, 0.29) is 39.8 Å². The van der Waals surface area contributed by atoms with Gasteiger partial charge in [0.05, 0.1) is 38.8 Å². The summed E-state index contributed by atoms with van der Waals surface area (Å²) in [5.74, 6) is -10.7. The number of halogens is 9. The molecule has 9 rings (SSSR count). The third-order valence-corrected chi connectivity index (χ3v) is 13.3. The van der Waals surface area contributed by atoms with Crippen LogP contribution in [0.15, 0.2) is 96.7 Å². The topological polar surface area (TPSA) is 136 Å². The molecule has 0 unspecified atom stereocenters. The van der Waals surface area contributed by atoms with Crippen LogP contribution in [0.3, 0.4) is 0 Å². The first kappa shape index (κ1) is 42.4. The van der Waals surface area contributed by atoms with Crippen molar-refractivity contribution in [3.05, 3.63) is 134 Å². The summed E-state index contributed by atoms with van der Waals surface area (Å²) >= 11 is 18.9. The van der Waals surface area contributed by atoms with Gasteiger partial charge in [-0.2, -0.15) is 36.4 Å². The molecule has 4 aliphatic rings. The van der Waals surface area contributed by atoms with E-state index >= 15 is 9.59 Å². The van der Waals surface area contributed by atoms with Gasteiger partial charge in [-0.3, -0.25) is 29.6 Å². The van der Waals surface area contributed by atoms with Gasteiger partial charge in [-0.1, -0.05) is 88.9 Å². The second-order valence-corrected chi connectivity index (χ2v) is 16.9. The first-order valence-electron chi connectivity index (χ1n) is 19.1. The van der Waals surface area contributed by atoms with Gasteiger partial charge in [-0.25, -0.2) is 9.97 Å². The highest BCUT2D eigenvalue weighted by Gasteiger charge is 2.71. The molecule has 5 aromatic rings. The summed E-state index contributed by atoms with van der Waals surface area (Å²) in [6.45, 7) is 0. The fourth-order valence-electron chi connectivity index (χ4n) is 9.87. The van der Waals surface area contributed by atoms with Crippen molar-refractivity contribution in [3.63, 3.8) is 0 Å². The van der Waals surface area contributed by atoms with Crippen LogP contribution in [0, 0.1) is 23.7 Å². The second kappa shape index (κ2) is 14.8. The van der Waals surface area contributed by atoms with Gasteiger partial charge in [-0.15, -0.1) is 0 Å².